The first-order valence-corrected chi connectivity index (χ1v) is 4.14. The minimum Gasteiger partial charge on any atom is -0.478 e. The van der Waals surface area contributed by atoms with E-state index in [1.807, 2.05) is 0 Å². The van der Waals surface area contributed by atoms with E-state index >= 15 is 0 Å². The SMILES string of the molecule is O=C(O)/C=C/c1ccc(OC(F)F)c(F)c1. The predicted octanol–water partition coefficient (Wildman–Crippen LogP) is 2.52. The van der Waals surface area contributed by atoms with Gasteiger partial charge in [-0.15, -0.1) is 0 Å². The second-order valence-corrected chi connectivity index (χ2v) is 2.74. The molecule has 1 rings (SSSR count). The van der Waals surface area contributed by atoms with Crippen LogP contribution in [0.4, 0.5) is 13.2 Å². The molecule has 0 unspecified atom stereocenters. The molecule has 6 heteroatoms. The van der Waals surface area contributed by atoms with Crippen LogP contribution in [0.25, 0.3) is 6.08 Å². The van der Waals surface area contributed by atoms with Crippen LogP contribution in [0, 0.1) is 5.82 Å². The summed E-state index contributed by atoms with van der Waals surface area (Å²) in [6.07, 6.45) is 1.94. The first kappa shape index (κ1) is 12.1. The summed E-state index contributed by atoms with van der Waals surface area (Å²) in [6, 6.07) is 3.17. The molecule has 0 aliphatic rings. The van der Waals surface area contributed by atoms with Gasteiger partial charge in [0, 0.05) is 6.08 Å². The maximum absolute atomic E-state index is 13.1. The Morgan fingerprint density at radius 1 is 1.44 bits per heavy atom. The van der Waals surface area contributed by atoms with Gasteiger partial charge < -0.3 is 9.84 Å². The maximum Gasteiger partial charge on any atom is 0.387 e. The van der Waals surface area contributed by atoms with Crippen molar-refractivity contribution >= 4 is 12.0 Å². The van der Waals surface area contributed by atoms with E-state index in [4.69, 9.17) is 5.11 Å². The zero-order valence-electron chi connectivity index (χ0n) is 7.86. The maximum atomic E-state index is 13.1. The summed E-state index contributed by atoms with van der Waals surface area (Å²) in [4.78, 5) is 10.2. The molecule has 0 spiro atoms. The molecule has 3 nitrogen and oxygen atoms in total. The molecule has 1 aromatic rings. The van der Waals surface area contributed by atoms with Gasteiger partial charge >= 0.3 is 12.6 Å². The number of alkyl halides is 2. The lowest BCUT2D eigenvalue weighted by atomic mass is 10.2. The lowest BCUT2D eigenvalue weighted by molar-refractivity contribution is -0.131. The van der Waals surface area contributed by atoms with E-state index in [0.717, 1.165) is 24.3 Å². The minimum atomic E-state index is -3.10. The van der Waals surface area contributed by atoms with Crippen LogP contribution >= 0.6 is 0 Å². The van der Waals surface area contributed by atoms with Crippen LogP contribution < -0.4 is 4.74 Å². The summed E-state index contributed by atoms with van der Waals surface area (Å²) in [5.41, 5.74) is 0.238. The van der Waals surface area contributed by atoms with Crippen LogP contribution in [-0.4, -0.2) is 17.7 Å². The number of carbonyl (C=O) groups is 1. The number of ether oxygens (including phenoxy) is 1. The lowest BCUT2D eigenvalue weighted by Gasteiger charge is -2.05. The molecule has 0 amide bonds. The highest BCUT2D eigenvalue weighted by Gasteiger charge is 2.09. The lowest BCUT2D eigenvalue weighted by Crippen LogP contribution is -2.03. The second-order valence-electron chi connectivity index (χ2n) is 2.74. The Kier molecular flexibility index (Phi) is 3.93. The van der Waals surface area contributed by atoms with Gasteiger partial charge in [0.25, 0.3) is 0 Å². The third-order valence-electron chi connectivity index (χ3n) is 1.59. The first-order valence-electron chi connectivity index (χ1n) is 4.14. The molecule has 0 fully saturated rings. The molecule has 0 heterocycles. The van der Waals surface area contributed by atoms with Gasteiger partial charge in [-0.3, -0.25) is 0 Å². The van der Waals surface area contributed by atoms with Crippen LogP contribution in [-0.2, 0) is 4.79 Å². The Hall–Kier alpha value is -1.98. The zero-order chi connectivity index (χ0) is 12.1. The smallest absolute Gasteiger partial charge is 0.387 e. The fourth-order valence-corrected chi connectivity index (χ4v) is 0.980. The largest absolute Gasteiger partial charge is 0.478 e. The summed E-state index contributed by atoms with van der Waals surface area (Å²) in [5.74, 6) is -2.75. The van der Waals surface area contributed by atoms with Crippen LogP contribution in [0.1, 0.15) is 5.56 Å². The van der Waals surface area contributed by atoms with Crippen molar-refractivity contribution in [1.29, 1.82) is 0 Å². The van der Waals surface area contributed by atoms with Crippen molar-refractivity contribution in [2.45, 2.75) is 6.61 Å². The van der Waals surface area contributed by atoms with Gasteiger partial charge in [-0.1, -0.05) is 6.07 Å². The van der Waals surface area contributed by atoms with E-state index in [1.165, 1.54) is 6.07 Å². The van der Waals surface area contributed by atoms with Crippen molar-refractivity contribution in [1.82, 2.24) is 0 Å². The number of hydrogen-bond donors (Lipinski definition) is 1. The first-order chi connectivity index (χ1) is 7.49. The van der Waals surface area contributed by atoms with Crippen molar-refractivity contribution in [2.75, 3.05) is 0 Å². The standard InChI is InChI=1S/C10H7F3O3/c11-7-5-6(2-4-9(14)15)1-3-8(7)16-10(12)13/h1-5,10H,(H,14,15)/b4-2+. The van der Waals surface area contributed by atoms with E-state index < -0.39 is 24.1 Å². The number of carboxylic acid groups (broad SMARTS) is 1. The summed E-state index contributed by atoms with van der Waals surface area (Å²) >= 11 is 0. The Morgan fingerprint density at radius 3 is 2.62 bits per heavy atom. The topological polar surface area (TPSA) is 46.5 Å². The Morgan fingerprint density at radius 2 is 2.12 bits per heavy atom. The molecule has 0 radical (unpaired) electrons. The fraction of sp³-hybridized carbons (Fsp3) is 0.100. The normalized spacial score (nSPS) is 11.0. The molecule has 0 aromatic heterocycles. The van der Waals surface area contributed by atoms with E-state index in [1.54, 1.807) is 0 Å². The van der Waals surface area contributed by atoms with E-state index in [2.05, 4.69) is 4.74 Å². The van der Waals surface area contributed by atoms with Gasteiger partial charge in [0.15, 0.2) is 11.6 Å². The van der Waals surface area contributed by atoms with Crippen molar-refractivity contribution in [2.24, 2.45) is 0 Å². The Labute approximate surface area is 88.8 Å². The molecule has 0 saturated heterocycles. The highest BCUT2D eigenvalue weighted by atomic mass is 19.3. The van der Waals surface area contributed by atoms with Crippen LogP contribution in [0.2, 0.25) is 0 Å². The zero-order valence-corrected chi connectivity index (χ0v) is 7.86. The van der Waals surface area contributed by atoms with Crippen molar-refractivity contribution in [3.8, 4) is 5.75 Å². The second kappa shape index (κ2) is 5.20. The van der Waals surface area contributed by atoms with Gasteiger partial charge in [-0.25, -0.2) is 9.18 Å². The molecule has 0 aliphatic heterocycles. The molecular weight excluding hydrogens is 225 g/mol. The summed E-state index contributed by atoms with van der Waals surface area (Å²) in [6.45, 7) is -3.10. The number of carboxylic acids is 1. The molecule has 0 saturated carbocycles. The molecular formula is C10H7F3O3. The highest BCUT2D eigenvalue weighted by Crippen LogP contribution is 2.20. The molecule has 16 heavy (non-hydrogen) atoms. The van der Waals surface area contributed by atoms with Crippen LogP contribution in [0.3, 0.4) is 0 Å². The molecule has 0 bridgehead atoms. The number of halogens is 3. The number of rotatable bonds is 4. The quantitative estimate of drug-likeness (QED) is 0.811. The summed E-state index contributed by atoms with van der Waals surface area (Å²) in [5, 5.41) is 8.31. The molecule has 1 aromatic carbocycles. The van der Waals surface area contributed by atoms with Gasteiger partial charge in [0.05, 0.1) is 0 Å². The fourth-order valence-electron chi connectivity index (χ4n) is 0.980. The summed E-state index contributed by atoms with van der Waals surface area (Å²) in [7, 11) is 0. The average Bonchev–Trinajstić information content (AvgIpc) is 2.18. The van der Waals surface area contributed by atoms with Crippen molar-refractivity contribution in [3.63, 3.8) is 0 Å². The van der Waals surface area contributed by atoms with E-state index in [0.29, 0.717) is 0 Å². The third-order valence-corrected chi connectivity index (χ3v) is 1.59. The van der Waals surface area contributed by atoms with Crippen LogP contribution in [0.15, 0.2) is 24.3 Å². The van der Waals surface area contributed by atoms with Gasteiger partial charge in [-0.2, -0.15) is 8.78 Å². The number of hydrogen-bond acceptors (Lipinski definition) is 2. The molecule has 86 valence electrons. The molecule has 1 N–H and O–H groups in total. The Bertz CT molecular complexity index is 416. The molecule has 0 atom stereocenters. The van der Waals surface area contributed by atoms with E-state index in [-0.39, 0.29) is 5.56 Å². The Balaban J connectivity index is 2.86. The van der Waals surface area contributed by atoms with Crippen molar-refractivity contribution < 1.29 is 27.8 Å². The van der Waals surface area contributed by atoms with Crippen LogP contribution in [0.5, 0.6) is 5.75 Å². The molecule has 0 aliphatic carbocycles. The van der Waals surface area contributed by atoms with Crippen molar-refractivity contribution in [3.05, 3.63) is 35.7 Å². The third kappa shape index (κ3) is 3.64. The predicted molar refractivity (Wildman–Crippen MR) is 49.7 cm³/mol. The van der Waals surface area contributed by atoms with Gasteiger partial charge in [0.2, 0.25) is 0 Å². The number of benzene rings is 1. The average molecular weight is 232 g/mol. The minimum absolute atomic E-state index is 0.238. The number of aliphatic carboxylic acids is 1. The van der Waals surface area contributed by atoms with Gasteiger partial charge in [0.1, 0.15) is 0 Å². The van der Waals surface area contributed by atoms with E-state index in [9.17, 15) is 18.0 Å². The highest BCUT2D eigenvalue weighted by molar-refractivity contribution is 5.85. The monoisotopic (exact) mass is 232 g/mol. The van der Waals surface area contributed by atoms with Gasteiger partial charge in [-0.05, 0) is 23.8 Å². The summed E-state index contributed by atoms with van der Waals surface area (Å²) < 4.78 is 40.5.